The van der Waals surface area contributed by atoms with Crippen LogP contribution in [0.25, 0.3) is 10.9 Å². The minimum atomic E-state index is -4.21. The SMILES string of the molecule is NS(=O)(=O)OC[C@H]1C[C@@H](Nc2ncncc2C(=O)c2nn(Cc3cccc(Br)c3)c3ccccc23)[C@H](O)[C@@H]1O. The molecule has 39 heavy (non-hydrogen) atoms. The third-order valence-corrected chi connectivity index (χ3v) is 7.58. The number of nitrogens with two attached hydrogens (primary N) is 1. The van der Waals surface area contributed by atoms with Crippen molar-refractivity contribution in [3.8, 4) is 0 Å². The van der Waals surface area contributed by atoms with Crippen molar-refractivity contribution >= 4 is 48.7 Å². The van der Waals surface area contributed by atoms with Gasteiger partial charge in [0.2, 0.25) is 5.78 Å². The van der Waals surface area contributed by atoms with E-state index in [0.717, 1.165) is 15.6 Å². The van der Waals surface area contributed by atoms with Gasteiger partial charge in [0, 0.05) is 22.0 Å². The number of hydrogen-bond acceptors (Lipinski definition) is 10. The zero-order valence-electron chi connectivity index (χ0n) is 20.4. The van der Waals surface area contributed by atoms with Crippen molar-refractivity contribution in [1.29, 1.82) is 0 Å². The van der Waals surface area contributed by atoms with Gasteiger partial charge in [-0.1, -0.05) is 46.3 Å². The van der Waals surface area contributed by atoms with Crippen LogP contribution in [0.3, 0.4) is 0 Å². The second-order valence-electron chi connectivity index (χ2n) is 9.27. The number of aliphatic hydroxyl groups excluding tert-OH is 2. The molecule has 4 aromatic rings. The number of nitrogens with one attached hydrogen (secondary N) is 1. The lowest BCUT2D eigenvalue weighted by Gasteiger charge is -2.19. The number of fused-ring (bicyclic) bond motifs is 1. The monoisotopic (exact) mass is 616 g/mol. The largest absolute Gasteiger partial charge is 0.390 e. The van der Waals surface area contributed by atoms with E-state index in [1.165, 1.54) is 12.5 Å². The summed E-state index contributed by atoms with van der Waals surface area (Å²) >= 11 is 3.48. The Labute approximate surface area is 232 Å². The quantitative estimate of drug-likeness (QED) is 0.201. The molecule has 5 rings (SSSR count). The molecule has 1 saturated carbocycles. The summed E-state index contributed by atoms with van der Waals surface area (Å²) in [7, 11) is -4.21. The summed E-state index contributed by atoms with van der Waals surface area (Å²) in [6.45, 7) is 0.0456. The minimum Gasteiger partial charge on any atom is -0.390 e. The van der Waals surface area contributed by atoms with Crippen molar-refractivity contribution < 1.29 is 27.6 Å². The average Bonchev–Trinajstić information content (AvgIpc) is 3.39. The van der Waals surface area contributed by atoms with E-state index in [-0.39, 0.29) is 23.5 Å². The Bertz CT molecular complexity index is 1630. The predicted molar refractivity (Wildman–Crippen MR) is 145 cm³/mol. The molecule has 12 nitrogen and oxygen atoms in total. The first kappa shape index (κ1) is 27.3. The molecule has 1 fully saturated rings. The summed E-state index contributed by atoms with van der Waals surface area (Å²) in [5.41, 5.74) is 2.11. The molecule has 1 aliphatic carbocycles. The number of halogens is 1. The van der Waals surface area contributed by atoms with Gasteiger partial charge in [0.25, 0.3) is 0 Å². The Kier molecular flexibility index (Phi) is 7.75. The summed E-state index contributed by atoms with van der Waals surface area (Å²) in [5, 5.41) is 34.2. The van der Waals surface area contributed by atoms with Gasteiger partial charge in [-0.05, 0) is 30.2 Å². The molecule has 2 aromatic carbocycles. The van der Waals surface area contributed by atoms with Crippen molar-refractivity contribution in [2.75, 3.05) is 11.9 Å². The predicted octanol–water partition coefficient (Wildman–Crippen LogP) is 1.61. The molecule has 1 aliphatic rings. The summed E-state index contributed by atoms with van der Waals surface area (Å²) in [5.74, 6) is -0.996. The number of aromatic nitrogens is 4. The van der Waals surface area contributed by atoms with Gasteiger partial charge < -0.3 is 15.5 Å². The number of para-hydroxylation sites is 1. The van der Waals surface area contributed by atoms with Crippen molar-refractivity contribution in [3.63, 3.8) is 0 Å². The Morgan fingerprint density at radius 3 is 2.74 bits per heavy atom. The maximum Gasteiger partial charge on any atom is 0.333 e. The van der Waals surface area contributed by atoms with Crippen LogP contribution in [0.1, 0.15) is 28.0 Å². The average molecular weight is 617 g/mol. The molecule has 0 saturated heterocycles. The fourth-order valence-electron chi connectivity index (χ4n) is 4.75. The zero-order valence-corrected chi connectivity index (χ0v) is 22.8. The maximum atomic E-state index is 13.8. The maximum absolute atomic E-state index is 13.8. The van der Waals surface area contributed by atoms with Gasteiger partial charge in [-0.25, -0.2) is 15.1 Å². The Morgan fingerprint density at radius 2 is 1.97 bits per heavy atom. The molecule has 0 spiro atoms. The normalized spacial score (nSPS) is 21.3. The number of hydrogen-bond donors (Lipinski definition) is 4. The number of nitrogens with zero attached hydrogens (tertiary/aromatic N) is 4. The Morgan fingerprint density at radius 1 is 1.18 bits per heavy atom. The van der Waals surface area contributed by atoms with Crippen LogP contribution in [0.4, 0.5) is 5.82 Å². The van der Waals surface area contributed by atoms with E-state index >= 15 is 0 Å². The number of carbonyl (C=O) groups excluding carboxylic acids is 1. The van der Waals surface area contributed by atoms with Crippen molar-refractivity contribution in [2.45, 2.75) is 31.2 Å². The lowest BCUT2D eigenvalue weighted by molar-refractivity contribution is 0.00778. The van der Waals surface area contributed by atoms with Crippen LogP contribution < -0.4 is 10.5 Å². The van der Waals surface area contributed by atoms with E-state index in [9.17, 15) is 23.4 Å². The first-order chi connectivity index (χ1) is 18.6. The Hall–Kier alpha value is -3.27. The second kappa shape index (κ2) is 11.1. The van der Waals surface area contributed by atoms with Gasteiger partial charge in [0.15, 0.2) is 0 Å². The van der Waals surface area contributed by atoms with Gasteiger partial charge in [-0.2, -0.15) is 13.5 Å². The van der Waals surface area contributed by atoms with Crippen LogP contribution in [-0.2, 0) is 21.0 Å². The van der Waals surface area contributed by atoms with Crippen molar-refractivity contribution in [3.05, 3.63) is 82.3 Å². The standard InChI is InChI=1S/C25H25BrN6O6S/c26-16-5-3-4-14(8-16)11-32-20-7-2-1-6-17(20)21(31-32)23(34)18-10-28-13-29-25(18)30-19-9-15(22(33)24(19)35)12-38-39(27,36)37/h1-8,10,13,15,19,22,24,33,35H,9,11-12H2,(H2,27,36,37)(H,28,29,30)/t15-,19-,22-,24+/m1/s1. The minimum absolute atomic E-state index is 0.126. The summed E-state index contributed by atoms with van der Waals surface area (Å²) < 4.78 is 29.6. The molecular formula is C25H25BrN6O6S. The highest BCUT2D eigenvalue weighted by molar-refractivity contribution is 9.10. The third kappa shape index (κ3) is 6.00. The van der Waals surface area contributed by atoms with Gasteiger partial charge in [-0.3, -0.25) is 13.7 Å². The van der Waals surface area contributed by atoms with E-state index in [1.807, 2.05) is 48.5 Å². The molecule has 0 amide bonds. The van der Waals surface area contributed by atoms with E-state index in [4.69, 9.17) is 5.14 Å². The highest BCUT2D eigenvalue weighted by atomic mass is 79.9. The van der Waals surface area contributed by atoms with E-state index in [2.05, 4.69) is 40.5 Å². The molecule has 0 bridgehead atoms. The van der Waals surface area contributed by atoms with Gasteiger partial charge in [-0.15, -0.1) is 0 Å². The van der Waals surface area contributed by atoms with Crippen LogP contribution in [0.15, 0.2) is 65.5 Å². The number of carbonyl (C=O) groups is 1. The van der Waals surface area contributed by atoms with Gasteiger partial charge >= 0.3 is 10.3 Å². The van der Waals surface area contributed by atoms with Gasteiger partial charge in [0.1, 0.15) is 23.9 Å². The summed E-state index contributed by atoms with van der Waals surface area (Å²) in [4.78, 5) is 22.0. The smallest absolute Gasteiger partial charge is 0.333 e. The van der Waals surface area contributed by atoms with E-state index in [0.29, 0.717) is 11.9 Å². The van der Waals surface area contributed by atoms with Crippen LogP contribution in [0.2, 0.25) is 0 Å². The molecule has 4 atom stereocenters. The first-order valence-corrected chi connectivity index (χ1v) is 14.2. The summed E-state index contributed by atoms with van der Waals surface area (Å²) in [6.07, 6.45) is 0.200. The highest BCUT2D eigenvalue weighted by Crippen LogP contribution is 2.31. The number of ketones is 1. The number of rotatable bonds is 9. The molecule has 0 aliphatic heterocycles. The first-order valence-electron chi connectivity index (χ1n) is 11.9. The highest BCUT2D eigenvalue weighted by Gasteiger charge is 2.42. The second-order valence-corrected chi connectivity index (χ2v) is 11.4. The van der Waals surface area contributed by atoms with Crippen LogP contribution in [-0.4, -0.2) is 69.0 Å². The van der Waals surface area contributed by atoms with Crippen molar-refractivity contribution in [2.24, 2.45) is 11.1 Å². The fourth-order valence-corrected chi connectivity index (χ4v) is 5.56. The molecule has 5 N–H and O–H groups in total. The molecule has 0 radical (unpaired) electrons. The number of aliphatic hydroxyl groups is 2. The van der Waals surface area contributed by atoms with E-state index < -0.39 is 46.9 Å². The molecule has 204 valence electrons. The molecular weight excluding hydrogens is 592 g/mol. The zero-order chi connectivity index (χ0) is 27.7. The molecule has 14 heteroatoms. The Balaban J connectivity index is 1.42. The van der Waals surface area contributed by atoms with Crippen LogP contribution in [0.5, 0.6) is 0 Å². The lowest BCUT2D eigenvalue weighted by Crippen LogP contribution is -2.36. The van der Waals surface area contributed by atoms with E-state index in [1.54, 1.807) is 4.68 Å². The summed E-state index contributed by atoms with van der Waals surface area (Å²) in [6, 6.07) is 14.5. The third-order valence-electron chi connectivity index (χ3n) is 6.62. The lowest BCUT2D eigenvalue weighted by atomic mass is 10.1. The fraction of sp³-hybridized carbons (Fsp3) is 0.280. The van der Waals surface area contributed by atoms with Crippen molar-refractivity contribution in [1.82, 2.24) is 19.7 Å². The molecule has 2 aromatic heterocycles. The van der Waals surface area contributed by atoms with Gasteiger partial charge in [0.05, 0.1) is 36.4 Å². The molecule has 0 unspecified atom stereocenters. The number of benzene rings is 2. The molecule has 2 heterocycles. The number of anilines is 1. The topological polar surface area (TPSA) is 183 Å². The van der Waals surface area contributed by atoms with Crippen LogP contribution in [0, 0.1) is 5.92 Å². The van der Waals surface area contributed by atoms with Crippen LogP contribution >= 0.6 is 15.9 Å².